The SMILES string of the molecule is Cc1ccc(C(=O)Cc2ccc(Cl)cc2Cl)cc1C. The normalized spacial score (nSPS) is 10.5. The van der Waals surface area contributed by atoms with Crippen molar-refractivity contribution in [3.05, 3.63) is 68.7 Å². The highest BCUT2D eigenvalue weighted by Gasteiger charge is 2.10. The van der Waals surface area contributed by atoms with E-state index in [0.717, 1.165) is 11.1 Å². The summed E-state index contributed by atoms with van der Waals surface area (Å²) in [7, 11) is 0. The van der Waals surface area contributed by atoms with E-state index in [2.05, 4.69) is 0 Å². The van der Waals surface area contributed by atoms with Crippen molar-refractivity contribution in [3.8, 4) is 0 Å². The number of benzene rings is 2. The number of halogens is 2. The van der Waals surface area contributed by atoms with Gasteiger partial charge in [-0.15, -0.1) is 0 Å². The van der Waals surface area contributed by atoms with Gasteiger partial charge in [0.2, 0.25) is 0 Å². The first-order chi connectivity index (χ1) is 8.97. The number of hydrogen-bond donors (Lipinski definition) is 0. The van der Waals surface area contributed by atoms with E-state index in [0.29, 0.717) is 22.0 Å². The first-order valence-corrected chi connectivity index (χ1v) is 6.77. The Labute approximate surface area is 123 Å². The summed E-state index contributed by atoms with van der Waals surface area (Å²) >= 11 is 11.9. The lowest BCUT2D eigenvalue weighted by atomic mass is 9.99. The highest BCUT2D eigenvalue weighted by molar-refractivity contribution is 6.35. The van der Waals surface area contributed by atoms with Crippen LogP contribution in [0.3, 0.4) is 0 Å². The molecule has 0 atom stereocenters. The number of rotatable bonds is 3. The first-order valence-electron chi connectivity index (χ1n) is 6.02. The topological polar surface area (TPSA) is 17.1 Å². The summed E-state index contributed by atoms with van der Waals surface area (Å²) in [5.41, 5.74) is 3.82. The van der Waals surface area contributed by atoms with E-state index < -0.39 is 0 Å². The van der Waals surface area contributed by atoms with Crippen LogP contribution in [0.15, 0.2) is 36.4 Å². The lowest BCUT2D eigenvalue weighted by molar-refractivity contribution is 0.0993. The number of hydrogen-bond acceptors (Lipinski definition) is 1. The Morgan fingerprint density at radius 1 is 1.00 bits per heavy atom. The van der Waals surface area contributed by atoms with Crippen molar-refractivity contribution in [3.63, 3.8) is 0 Å². The van der Waals surface area contributed by atoms with E-state index in [9.17, 15) is 4.79 Å². The molecule has 3 heteroatoms. The molecule has 0 fully saturated rings. The molecular weight excluding hydrogens is 279 g/mol. The van der Waals surface area contributed by atoms with Crippen molar-refractivity contribution in [2.24, 2.45) is 0 Å². The second kappa shape index (κ2) is 5.77. The summed E-state index contributed by atoms with van der Waals surface area (Å²) in [6, 6.07) is 10.9. The van der Waals surface area contributed by atoms with Gasteiger partial charge < -0.3 is 0 Å². The fourth-order valence-electron chi connectivity index (χ4n) is 1.85. The predicted molar refractivity (Wildman–Crippen MR) is 80.4 cm³/mol. The number of Topliss-reactive ketones (excluding diaryl/α,β-unsaturated/α-hetero) is 1. The molecule has 98 valence electrons. The Morgan fingerprint density at radius 3 is 2.37 bits per heavy atom. The van der Waals surface area contributed by atoms with Gasteiger partial charge in [-0.25, -0.2) is 0 Å². The average molecular weight is 293 g/mol. The van der Waals surface area contributed by atoms with E-state index in [1.165, 1.54) is 5.56 Å². The maximum Gasteiger partial charge on any atom is 0.167 e. The molecule has 0 aliphatic rings. The Morgan fingerprint density at radius 2 is 1.74 bits per heavy atom. The van der Waals surface area contributed by atoms with Gasteiger partial charge in [-0.05, 0) is 48.7 Å². The number of aryl methyl sites for hydroxylation is 2. The molecule has 0 amide bonds. The van der Waals surface area contributed by atoms with Crippen molar-refractivity contribution in [1.82, 2.24) is 0 Å². The second-order valence-electron chi connectivity index (χ2n) is 4.63. The number of ketones is 1. The zero-order valence-electron chi connectivity index (χ0n) is 10.8. The third kappa shape index (κ3) is 3.37. The third-order valence-electron chi connectivity index (χ3n) is 3.20. The molecule has 0 saturated heterocycles. The Hall–Kier alpha value is -1.31. The Bertz CT molecular complexity index is 633. The molecule has 0 radical (unpaired) electrons. The van der Waals surface area contributed by atoms with Crippen molar-refractivity contribution < 1.29 is 4.79 Å². The molecular formula is C16H14Cl2O. The Balaban J connectivity index is 2.23. The second-order valence-corrected chi connectivity index (χ2v) is 5.48. The zero-order chi connectivity index (χ0) is 14.0. The van der Waals surface area contributed by atoms with Crippen molar-refractivity contribution in [2.45, 2.75) is 20.3 Å². The summed E-state index contributed by atoms with van der Waals surface area (Å²) in [6.45, 7) is 4.03. The molecule has 0 aliphatic heterocycles. The van der Waals surface area contributed by atoms with Crippen LogP contribution in [0.2, 0.25) is 10.0 Å². The van der Waals surface area contributed by atoms with Gasteiger partial charge >= 0.3 is 0 Å². The van der Waals surface area contributed by atoms with Gasteiger partial charge in [0.15, 0.2) is 5.78 Å². The fraction of sp³-hybridized carbons (Fsp3) is 0.188. The van der Waals surface area contributed by atoms with E-state index in [4.69, 9.17) is 23.2 Å². The monoisotopic (exact) mass is 292 g/mol. The van der Waals surface area contributed by atoms with Gasteiger partial charge in [-0.2, -0.15) is 0 Å². The van der Waals surface area contributed by atoms with Crippen LogP contribution in [-0.4, -0.2) is 5.78 Å². The molecule has 0 saturated carbocycles. The summed E-state index contributed by atoms with van der Waals surface area (Å²) < 4.78 is 0. The summed E-state index contributed by atoms with van der Waals surface area (Å²) in [5.74, 6) is 0.0623. The number of carbonyl (C=O) groups excluding carboxylic acids is 1. The molecule has 0 bridgehead atoms. The van der Waals surface area contributed by atoms with Gasteiger partial charge in [0.1, 0.15) is 0 Å². The molecule has 0 unspecified atom stereocenters. The minimum absolute atomic E-state index is 0.0623. The number of carbonyl (C=O) groups is 1. The van der Waals surface area contributed by atoms with Crippen molar-refractivity contribution in [2.75, 3.05) is 0 Å². The van der Waals surface area contributed by atoms with Crippen LogP contribution in [-0.2, 0) is 6.42 Å². The zero-order valence-corrected chi connectivity index (χ0v) is 12.3. The smallest absolute Gasteiger partial charge is 0.167 e. The summed E-state index contributed by atoms with van der Waals surface area (Å²) in [5, 5.41) is 1.11. The van der Waals surface area contributed by atoms with Gasteiger partial charge in [-0.1, -0.05) is 41.4 Å². The average Bonchev–Trinajstić information content (AvgIpc) is 2.36. The lowest BCUT2D eigenvalue weighted by Gasteiger charge is -2.06. The van der Waals surface area contributed by atoms with Crippen molar-refractivity contribution >= 4 is 29.0 Å². The van der Waals surface area contributed by atoms with Gasteiger partial charge in [0.05, 0.1) is 0 Å². The van der Waals surface area contributed by atoms with Crippen molar-refractivity contribution in [1.29, 1.82) is 0 Å². The van der Waals surface area contributed by atoms with Crippen LogP contribution in [0.4, 0.5) is 0 Å². The highest BCUT2D eigenvalue weighted by atomic mass is 35.5. The molecule has 2 rings (SSSR count). The third-order valence-corrected chi connectivity index (χ3v) is 3.78. The van der Waals surface area contributed by atoms with Crippen LogP contribution in [0.1, 0.15) is 27.0 Å². The molecule has 0 N–H and O–H groups in total. The lowest BCUT2D eigenvalue weighted by Crippen LogP contribution is -2.04. The molecule has 0 aliphatic carbocycles. The van der Waals surface area contributed by atoms with E-state index in [1.807, 2.05) is 32.0 Å². The quantitative estimate of drug-likeness (QED) is 0.725. The van der Waals surface area contributed by atoms with Crippen LogP contribution >= 0.6 is 23.2 Å². The predicted octanol–water partition coefficient (Wildman–Crippen LogP) is 5.04. The van der Waals surface area contributed by atoms with Gasteiger partial charge in [-0.3, -0.25) is 4.79 Å². The van der Waals surface area contributed by atoms with Crippen LogP contribution in [0, 0.1) is 13.8 Å². The van der Waals surface area contributed by atoms with Gasteiger partial charge in [0, 0.05) is 22.0 Å². The van der Waals surface area contributed by atoms with E-state index in [1.54, 1.807) is 18.2 Å². The minimum Gasteiger partial charge on any atom is -0.294 e. The molecule has 0 heterocycles. The highest BCUT2D eigenvalue weighted by Crippen LogP contribution is 2.22. The summed E-state index contributed by atoms with van der Waals surface area (Å²) in [4.78, 5) is 12.2. The summed E-state index contributed by atoms with van der Waals surface area (Å²) in [6.07, 6.45) is 0.290. The maximum absolute atomic E-state index is 12.2. The molecule has 2 aromatic rings. The largest absolute Gasteiger partial charge is 0.294 e. The maximum atomic E-state index is 12.2. The van der Waals surface area contributed by atoms with Crippen LogP contribution in [0.5, 0.6) is 0 Å². The van der Waals surface area contributed by atoms with Gasteiger partial charge in [0.25, 0.3) is 0 Å². The van der Waals surface area contributed by atoms with Crippen LogP contribution in [0.25, 0.3) is 0 Å². The Kier molecular flexibility index (Phi) is 4.28. The molecule has 0 aromatic heterocycles. The van der Waals surface area contributed by atoms with E-state index >= 15 is 0 Å². The van der Waals surface area contributed by atoms with E-state index in [-0.39, 0.29) is 5.78 Å². The van der Waals surface area contributed by atoms with Crippen LogP contribution < -0.4 is 0 Å². The molecule has 2 aromatic carbocycles. The molecule has 1 nitrogen and oxygen atoms in total. The minimum atomic E-state index is 0.0623. The first kappa shape index (κ1) is 14.1. The fourth-order valence-corrected chi connectivity index (χ4v) is 2.33. The standard InChI is InChI=1S/C16H14Cl2O/c1-10-3-4-13(7-11(10)2)16(19)8-12-5-6-14(17)9-15(12)18/h3-7,9H,8H2,1-2H3. The molecule has 0 spiro atoms. The molecule has 19 heavy (non-hydrogen) atoms.